The Hall–Kier alpha value is -0.340. The summed E-state index contributed by atoms with van der Waals surface area (Å²) < 4.78 is 1.15. The van der Waals surface area contributed by atoms with Gasteiger partial charge in [0.15, 0.2) is 0 Å². The van der Waals surface area contributed by atoms with Crippen molar-refractivity contribution < 1.29 is 0 Å². The number of hydrogen-bond acceptors (Lipinski definition) is 1. The van der Waals surface area contributed by atoms with E-state index in [0.29, 0.717) is 11.5 Å². The second-order valence-electron chi connectivity index (χ2n) is 7.77. The zero-order chi connectivity index (χ0) is 15.5. The standard InChI is InChI=1S/C19H30BrN/c1-14(16-7-11-18(20)12-8-16)21-13-15-5-9-17(10-6-15)19(2,3)4/h7-8,11-12,14-15,17,21H,5-6,9-10,13H2,1-4H3/t14-,15?,17?/m1/s1. The van der Waals surface area contributed by atoms with E-state index in [-0.39, 0.29) is 0 Å². The van der Waals surface area contributed by atoms with Crippen LogP contribution in [0.2, 0.25) is 0 Å². The summed E-state index contributed by atoms with van der Waals surface area (Å²) in [5, 5.41) is 3.73. The fourth-order valence-electron chi connectivity index (χ4n) is 3.45. The van der Waals surface area contributed by atoms with Gasteiger partial charge in [-0.15, -0.1) is 0 Å². The van der Waals surface area contributed by atoms with Crippen LogP contribution in [0.5, 0.6) is 0 Å². The van der Waals surface area contributed by atoms with Crippen molar-refractivity contribution in [3.63, 3.8) is 0 Å². The lowest BCUT2D eigenvalue weighted by Gasteiger charge is -2.37. The highest BCUT2D eigenvalue weighted by Gasteiger charge is 2.29. The van der Waals surface area contributed by atoms with Gasteiger partial charge < -0.3 is 5.32 Å². The molecule has 0 bridgehead atoms. The maximum atomic E-state index is 3.73. The number of hydrogen-bond donors (Lipinski definition) is 1. The van der Waals surface area contributed by atoms with Crippen molar-refractivity contribution in [3.8, 4) is 0 Å². The minimum atomic E-state index is 0.443. The predicted octanol–water partition coefficient (Wildman–Crippen LogP) is 5.95. The van der Waals surface area contributed by atoms with Gasteiger partial charge in [-0.1, -0.05) is 48.8 Å². The van der Waals surface area contributed by atoms with Crippen LogP contribution >= 0.6 is 15.9 Å². The van der Waals surface area contributed by atoms with Crippen LogP contribution in [0.25, 0.3) is 0 Å². The first kappa shape index (κ1) is 17.0. The molecule has 2 rings (SSSR count). The van der Waals surface area contributed by atoms with Gasteiger partial charge in [-0.25, -0.2) is 0 Å². The molecule has 1 saturated carbocycles. The first-order valence-electron chi connectivity index (χ1n) is 8.35. The average Bonchev–Trinajstić information content (AvgIpc) is 2.45. The van der Waals surface area contributed by atoms with E-state index >= 15 is 0 Å². The minimum absolute atomic E-state index is 0.443. The molecule has 0 heterocycles. The molecule has 1 atom stereocenters. The van der Waals surface area contributed by atoms with Gasteiger partial charge in [-0.05, 0) is 74.1 Å². The molecular weight excluding hydrogens is 322 g/mol. The molecule has 1 N–H and O–H groups in total. The van der Waals surface area contributed by atoms with E-state index in [1.165, 1.54) is 31.2 Å². The monoisotopic (exact) mass is 351 g/mol. The molecule has 21 heavy (non-hydrogen) atoms. The van der Waals surface area contributed by atoms with Gasteiger partial charge in [-0.3, -0.25) is 0 Å². The second-order valence-corrected chi connectivity index (χ2v) is 8.68. The molecule has 1 nitrogen and oxygen atoms in total. The van der Waals surface area contributed by atoms with Gasteiger partial charge in [0.2, 0.25) is 0 Å². The topological polar surface area (TPSA) is 12.0 Å². The lowest BCUT2D eigenvalue weighted by molar-refractivity contribution is 0.148. The Kier molecular flexibility index (Phi) is 5.90. The zero-order valence-electron chi connectivity index (χ0n) is 14.0. The minimum Gasteiger partial charge on any atom is -0.310 e. The van der Waals surface area contributed by atoms with Gasteiger partial charge in [0, 0.05) is 10.5 Å². The molecule has 0 radical (unpaired) electrons. The molecular formula is C19H30BrN. The third-order valence-electron chi connectivity index (χ3n) is 5.15. The molecule has 0 saturated heterocycles. The summed E-state index contributed by atoms with van der Waals surface area (Å²) in [6.07, 6.45) is 5.59. The van der Waals surface area contributed by atoms with Crippen LogP contribution in [-0.2, 0) is 0 Å². The Morgan fingerprint density at radius 1 is 1.10 bits per heavy atom. The number of nitrogens with one attached hydrogen (secondary N) is 1. The van der Waals surface area contributed by atoms with Crippen molar-refractivity contribution in [2.45, 2.75) is 59.4 Å². The smallest absolute Gasteiger partial charge is 0.0291 e. The van der Waals surface area contributed by atoms with Gasteiger partial charge in [0.25, 0.3) is 0 Å². The van der Waals surface area contributed by atoms with E-state index in [1.807, 2.05) is 0 Å². The Labute approximate surface area is 139 Å². The zero-order valence-corrected chi connectivity index (χ0v) is 15.5. The highest BCUT2D eigenvalue weighted by atomic mass is 79.9. The summed E-state index contributed by atoms with van der Waals surface area (Å²) >= 11 is 3.50. The molecule has 1 aliphatic carbocycles. The molecule has 1 fully saturated rings. The summed E-state index contributed by atoms with van der Waals surface area (Å²) in [5.74, 6) is 1.78. The quantitative estimate of drug-likeness (QED) is 0.706. The van der Waals surface area contributed by atoms with Crippen LogP contribution in [-0.4, -0.2) is 6.54 Å². The lowest BCUT2D eigenvalue weighted by Crippen LogP contribution is -2.31. The third-order valence-corrected chi connectivity index (χ3v) is 5.68. The van der Waals surface area contributed by atoms with Gasteiger partial charge >= 0.3 is 0 Å². The van der Waals surface area contributed by atoms with Crippen LogP contribution in [0.15, 0.2) is 28.7 Å². The molecule has 118 valence electrons. The van der Waals surface area contributed by atoms with Crippen LogP contribution in [0.1, 0.15) is 65.0 Å². The molecule has 0 aliphatic heterocycles. The van der Waals surface area contributed by atoms with Crippen LogP contribution in [0.3, 0.4) is 0 Å². The Morgan fingerprint density at radius 3 is 2.19 bits per heavy atom. The molecule has 0 spiro atoms. The van der Waals surface area contributed by atoms with E-state index in [9.17, 15) is 0 Å². The largest absolute Gasteiger partial charge is 0.310 e. The highest BCUT2D eigenvalue weighted by molar-refractivity contribution is 9.10. The summed E-state index contributed by atoms with van der Waals surface area (Å²) in [6.45, 7) is 10.6. The molecule has 0 amide bonds. The van der Waals surface area contributed by atoms with Gasteiger partial charge in [0.1, 0.15) is 0 Å². The third kappa shape index (κ3) is 5.10. The molecule has 1 aromatic rings. The first-order valence-corrected chi connectivity index (χ1v) is 9.14. The fourth-order valence-corrected chi connectivity index (χ4v) is 3.71. The normalized spacial score (nSPS) is 24.8. The molecule has 1 aliphatic rings. The van der Waals surface area contributed by atoms with E-state index in [2.05, 4.69) is 73.2 Å². The molecule has 0 unspecified atom stereocenters. The van der Waals surface area contributed by atoms with Gasteiger partial charge in [0.05, 0.1) is 0 Å². The Bertz CT molecular complexity index is 424. The number of rotatable bonds is 4. The predicted molar refractivity (Wildman–Crippen MR) is 95.5 cm³/mol. The molecule has 2 heteroatoms. The van der Waals surface area contributed by atoms with Crippen molar-refractivity contribution in [3.05, 3.63) is 34.3 Å². The SMILES string of the molecule is C[C@@H](NCC1CCC(C(C)(C)C)CC1)c1ccc(Br)cc1. The van der Waals surface area contributed by atoms with E-state index in [4.69, 9.17) is 0 Å². The second kappa shape index (κ2) is 7.28. The van der Waals surface area contributed by atoms with Crippen molar-refractivity contribution >= 4 is 15.9 Å². The summed E-state index contributed by atoms with van der Waals surface area (Å²) in [7, 11) is 0. The fraction of sp³-hybridized carbons (Fsp3) is 0.684. The maximum absolute atomic E-state index is 3.73. The number of halogens is 1. The first-order chi connectivity index (χ1) is 9.86. The van der Waals surface area contributed by atoms with Crippen LogP contribution < -0.4 is 5.32 Å². The summed E-state index contributed by atoms with van der Waals surface area (Å²) in [6, 6.07) is 9.11. The molecule has 1 aromatic carbocycles. The van der Waals surface area contributed by atoms with Crippen molar-refractivity contribution in [1.29, 1.82) is 0 Å². The summed E-state index contributed by atoms with van der Waals surface area (Å²) in [5.41, 5.74) is 1.87. The van der Waals surface area contributed by atoms with Crippen molar-refractivity contribution in [1.82, 2.24) is 5.32 Å². The van der Waals surface area contributed by atoms with Crippen molar-refractivity contribution in [2.75, 3.05) is 6.54 Å². The molecule has 0 aromatic heterocycles. The van der Waals surface area contributed by atoms with E-state index in [0.717, 1.165) is 22.9 Å². The van der Waals surface area contributed by atoms with Crippen molar-refractivity contribution in [2.24, 2.45) is 17.3 Å². The van der Waals surface area contributed by atoms with Crippen LogP contribution in [0, 0.1) is 17.3 Å². The van der Waals surface area contributed by atoms with Crippen LogP contribution in [0.4, 0.5) is 0 Å². The lowest BCUT2D eigenvalue weighted by atomic mass is 9.70. The maximum Gasteiger partial charge on any atom is 0.0291 e. The Morgan fingerprint density at radius 2 is 1.67 bits per heavy atom. The van der Waals surface area contributed by atoms with Gasteiger partial charge in [-0.2, -0.15) is 0 Å². The average molecular weight is 352 g/mol. The number of benzene rings is 1. The Balaban J connectivity index is 1.76. The van der Waals surface area contributed by atoms with E-state index in [1.54, 1.807) is 0 Å². The summed E-state index contributed by atoms with van der Waals surface area (Å²) in [4.78, 5) is 0. The van der Waals surface area contributed by atoms with E-state index < -0.39 is 0 Å². The highest BCUT2D eigenvalue weighted by Crippen LogP contribution is 2.39.